The molecule has 82 valence electrons. The summed E-state index contributed by atoms with van der Waals surface area (Å²) in [6, 6.07) is 5.17. The summed E-state index contributed by atoms with van der Waals surface area (Å²) in [5.41, 5.74) is 0. The molecular weight excluding hydrogens is 217 g/mol. The highest BCUT2D eigenvalue weighted by Crippen LogP contribution is 2.27. The molecule has 2 nitrogen and oxygen atoms in total. The summed E-state index contributed by atoms with van der Waals surface area (Å²) < 4.78 is 18.5. The smallest absolute Gasteiger partial charge is 0.173 e. The summed E-state index contributed by atoms with van der Waals surface area (Å²) in [6.07, 6.45) is 2.47. The standard InChI is InChI=1S/C11H13ClFNO/c12-9-2-1-3-10(13)11(9)15-7-6-14-8-4-5-8/h1-3,8,14H,4-7H2. The third kappa shape index (κ3) is 3.08. The molecule has 0 amide bonds. The van der Waals surface area contributed by atoms with Crippen LogP contribution >= 0.6 is 11.6 Å². The minimum Gasteiger partial charge on any atom is -0.488 e. The molecule has 1 fully saturated rings. The van der Waals surface area contributed by atoms with Gasteiger partial charge in [-0.15, -0.1) is 0 Å². The zero-order chi connectivity index (χ0) is 10.7. The number of halogens is 2. The summed E-state index contributed by atoms with van der Waals surface area (Å²) in [6.45, 7) is 1.17. The van der Waals surface area contributed by atoms with Gasteiger partial charge in [-0.3, -0.25) is 0 Å². The summed E-state index contributed by atoms with van der Waals surface area (Å²) in [5, 5.41) is 3.60. The van der Waals surface area contributed by atoms with E-state index in [1.807, 2.05) is 0 Å². The quantitative estimate of drug-likeness (QED) is 0.784. The van der Waals surface area contributed by atoms with Crippen molar-refractivity contribution in [1.82, 2.24) is 5.32 Å². The highest BCUT2D eigenvalue weighted by Gasteiger charge is 2.19. The van der Waals surface area contributed by atoms with Crippen molar-refractivity contribution in [3.05, 3.63) is 29.0 Å². The SMILES string of the molecule is Fc1cccc(Cl)c1OCCNC1CC1. The van der Waals surface area contributed by atoms with Gasteiger partial charge in [-0.05, 0) is 25.0 Å². The van der Waals surface area contributed by atoms with Gasteiger partial charge in [-0.1, -0.05) is 17.7 Å². The fraction of sp³-hybridized carbons (Fsp3) is 0.455. The molecule has 1 aliphatic rings. The maximum absolute atomic E-state index is 13.2. The maximum atomic E-state index is 13.2. The van der Waals surface area contributed by atoms with E-state index in [1.54, 1.807) is 12.1 Å². The van der Waals surface area contributed by atoms with Crippen molar-refractivity contribution in [2.75, 3.05) is 13.2 Å². The largest absolute Gasteiger partial charge is 0.488 e. The number of hydrogen-bond donors (Lipinski definition) is 1. The predicted octanol–water partition coefficient (Wildman–Crippen LogP) is 2.61. The molecule has 0 bridgehead atoms. The van der Waals surface area contributed by atoms with Gasteiger partial charge < -0.3 is 10.1 Å². The van der Waals surface area contributed by atoms with E-state index >= 15 is 0 Å². The van der Waals surface area contributed by atoms with E-state index in [-0.39, 0.29) is 5.75 Å². The van der Waals surface area contributed by atoms with E-state index in [0.29, 0.717) is 17.7 Å². The van der Waals surface area contributed by atoms with Crippen molar-refractivity contribution in [3.8, 4) is 5.75 Å². The first-order chi connectivity index (χ1) is 7.27. The molecule has 0 saturated heterocycles. The second-order valence-electron chi connectivity index (χ2n) is 3.63. The van der Waals surface area contributed by atoms with E-state index in [4.69, 9.17) is 16.3 Å². The summed E-state index contributed by atoms with van der Waals surface area (Å²) in [5.74, 6) is -0.259. The number of nitrogens with one attached hydrogen (secondary N) is 1. The molecule has 15 heavy (non-hydrogen) atoms. The maximum Gasteiger partial charge on any atom is 0.173 e. The van der Waals surface area contributed by atoms with Gasteiger partial charge in [-0.2, -0.15) is 0 Å². The van der Waals surface area contributed by atoms with Gasteiger partial charge in [0.15, 0.2) is 11.6 Å². The Bertz CT molecular complexity index is 321. The lowest BCUT2D eigenvalue weighted by molar-refractivity contribution is 0.298. The third-order valence-electron chi connectivity index (χ3n) is 2.28. The van der Waals surface area contributed by atoms with Gasteiger partial charge in [0, 0.05) is 12.6 Å². The fourth-order valence-corrected chi connectivity index (χ4v) is 1.54. The van der Waals surface area contributed by atoms with E-state index in [0.717, 1.165) is 6.54 Å². The Kier molecular flexibility index (Phi) is 3.44. The Labute approximate surface area is 93.4 Å². The fourth-order valence-electron chi connectivity index (χ4n) is 1.32. The van der Waals surface area contributed by atoms with Gasteiger partial charge >= 0.3 is 0 Å². The van der Waals surface area contributed by atoms with Crippen LogP contribution in [-0.2, 0) is 0 Å². The van der Waals surface area contributed by atoms with E-state index in [2.05, 4.69) is 5.32 Å². The molecule has 1 aromatic rings. The van der Waals surface area contributed by atoms with Crippen molar-refractivity contribution in [2.24, 2.45) is 0 Å². The monoisotopic (exact) mass is 229 g/mol. The molecule has 1 saturated carbocycles. The predicted molar refractivity (Wildman–Crippen MR) is 57.9 cm³/mol. The van der Waals surface area contributed by atoms with Crippen LogP contribution < -0.4 is 10.1 Å². The van der Waals surface area contributed by atoms with Crippen LogP contribution in [0.5, 0.6) is 5.75 Å². The van der Waals surface area contributed by atoms with Crippen LogP contribution in [0.3, 0.4) is 0 Å². The number of hydrogen-bond acceptors (Lipinski definition) is 2. The van der Waals surface area contributed by atoms with Crippen molar-refractivity contribution in [1.29, 1.82) is 0 Å². The summed E-state index contributed by atoms with van der Waals surface area (Å²) in [7, 11) is 0. The van der Waals surface area contributed by atoms with E-state index < -0.39 is 5.82 Å². The summed E-state index contributed by atoms with van der Waals surface area (Å²) >= 11 is 5.80. The summed E-state index contributed by atoms with van der Waals surface area (Å²) in [4.78, 5) is 0. The van der Waals surface area contributed by atoms with Gasteiger partial charge in [0.1, 0.15) is 6.61 Å². The van der Waals surface area contributed by atoms with Gasteiger partial charge in [0.05, 0.1) is 5.02 Å². The zero-order valence-corrected chi connectivity index (χ0v) is 9.06. The zero-order valence-electron chi connectivity index (χ0n) is 8.30. The lowest BCUT2D eigenvalue weighted by Gasteiger charge is -2.09. The normalized spacial score (nSPS) is 15.3. The van der Waals surface area contributed by atoms with Crippen LogP contribution in [0.1, 0.15) is 12.8 Å². The lowest BCUT2D eigenvalue weighted by atomic mass is 10.3. The first-order valence-corrected chi connectivity index (χ1v) is 5.45. The number of rotatable bonds is 5. The number of benzene rings is 1. The van der Waals surface area contributed by atoms with Crippen molar-refractivity contribution >= 4 is 11.6 Å². The highest BCUT2D eigenvalue weighted by atomic mass is 35.5. The molecule has 0 atom stereocenters. The Morgan fingerprint density at radius 3 is 2.93 bits per heavy atom. The average Bonchev–Trinajstić information content (AvgIpc) is 3.00. The molecule has 4 heteroatoms. The molecule has 0 unspecified atom stereocenters. The third-order valence-corrected chi connectivity index (χ3v) is 2.58. The molecule has 0 heterocycles. The van der Waals surface area contributed by atoms with Crippen molar-refractivity contribution in [3.63, 3.8) is 0 Å². The molecule has 2 rings (SSSR count). The molecule has 0 aliphatic heterocycles. The Morgan fingerprint density at radius 1 is 1.47 bits per heavy atom. The molecule has 1 N–H and O–H groups in total. The molecule has 1 aliphatic carbocycles. The van der Waals surface area contributed by atoms with Gasteiger partial charge in [-0.25, -0.2) is 4.39 Å². The second kappa shape index (κ2) is 4.81. The minimum absolute atomic E-state index is 0.150. The highest BCUT2D eigenvalue weighted by molar-refractivity contribution is 6.32. The Hall–Kier alpha value is -0.800. The van der Waals surface area contributed by atoms with Crippen LogP contribution in [0.4, 0.5) is 4.39 Å². The van der Waals surface area contributed by atoms with Crippen LogP contribution in [0.15, 0.2) is 18.2 Å². The van der Waals surface area contributed by atoms with Gasteiger partial charge in [0.2, 0.25) is 0 Å². The first-order valence-electron chi connectivity index (χ1n) is 5.07. The topological polar surface area (TPSA) is 21.3 Å². The Morgan fingerprint density at radius 2 is 2.27 bits per heavy atom. The number of para-hydroxylation sites is 1. The van der Waals surface area contributed by atoms with E-state index in [9.17, 15) is 4.39 Å². The minimum atomic E-state index is -0.408. The Balaban J connectivity index is 1.80. The molecule has 0 spiro atoms. The van der Waals surface area contributed by atoms with Crippen molar-refractivity contribution < 1.29 is 9.13 Å². The van der Waals surface area contributed by atoms with Gasteiger partial charge in [0.25, 0.3) is 0 Å². The first kappa shape index (κ1) is 10.7. The van der Waals surface area contributed by atoms with Crippen LogP contribution in [-0.4, -0.2) is 19.2 Å². The van der Waals surface area contributed by atoms with Crippen LogP contribution in [0, 0.1) is 5.82 Å². The van der Waals surface area contributed by atoms with Crippen molar-refractivity contribution in [2.45, 2.75) is 18.9 Å². The lowest BCUT2D eigenvalue weighted by Crippen LogP contribution is -2.23. The second-order valence-corrected chi connectivity index (χ2v) is 4.03. The molecule has 1 aromatic carbocycles. The molecular formula is C11H13ClFNO. The average molecular weight is 230 g/mol. The number of ether oxygens (including phenoxy) is 1. The van der Waals surface area contributed by atoms with Crippen LogP contribution in [0.25, 0.3) is 0 Å². The molecule has 0 aromatic heterocycles. The molecule has 0 radical (unpaired) electrons. The van der Waals surface area contributed by atoms with E-state index in [1.165, 1.54) is 18.9 Å². The van der Waals surface area contributed by atoms with Crippen LogP contribution in [0.2, 0.25) is 5.02 Å².